The Morgan fingerprint density at radius 2 is 1.89 bits per heavy atom. The number of nitrogens with one attached hydrogen (secondary N) is 1. The van der Waals surface area contributed by atoms with Crippen molar-refractivity contribution in [2.45, 2.75) is 19.9 Å². The molecule has 0 aliphatic carbocycles. The highest BCUT2D eigenvalue weighted by atomic mass is 32.2. The van der Waals surface area contributed by atoms with Crippen LogP contribution >= 0.6 is 0 Å². The Morgan fingerprint density at radius 1 is 1.26 bits per heavy atom. The summed E-state index contributed by atoms with van der Waals surface area (Å²) in [5.41, 5.74) is 0.984. The molecule has 1 amide bonds. The SMILES string of the molecule is CCCN(CC(=O)NCc1ccccc1)S(C)(=O)=O. The maximum absolute atomic E-state index is 11.7. The van der Waals surface area contributed by atoms with Crippen LogP contribution in [0.15, 0.2) is 30.3 Å². The minimum absolute atomic E-state index is 0.125. The molecule has 0 unspecified atom stereocenters. The number of hydrogen-bond acceptors (Lipinski definition) is 3. The molecule has 0 spiro atoms. The Morgan fingerprint density at radius 3 is 2.42 bits per heavy atom. The van der Waals surface area contributed by atoms with Crippen molar-refractivity contribution >= 4 is 15.9 Å². The number of rotatable bonds is 7. The molecule has 0 aromatic heterocycles. The summed E-state index contributed by atoms with van der Waals surface area (Å²) in [6, 6.07) is 9.49. The van der Waals surface area contributed by atoms with E-state index < -0.39 is 10.0 Å². The van der Waals surface area contributed by atoms with E-state index in [0.717, 1.165) is 11.8 Å². The molecule has 1 N–H and O–H groups in total. The highest BCUT2D eigenvalue weighted by Gasteiger charge is 2.18. The first kappa shape index (κ1) is 15.7. The molecule has 0 heterocycles. The third-order valence-corrected chi connectivity index (χ3v) is 3.84. The fourth-order valence-electron chi connectivity index (χ4n) is 1.62. The van der Waals surface area contributed by atoms with Gasteiger partial charge in [0.25, 0.3) is 0 Å². The molecule has 6 heteroatoms. The average molecular weight is 284 g/mol. The highest BCUT2D eigenvalue weighted by molar-refractivity contribution is 7.88. The first-order valence-corrected chi connectivity index (χ1v) is 8.04. The van der Waals surface area contributed by atoms with E-state index in [-0.39, 0.29) is 12.5 Å². The molecule has 0 bridgehead atoms. The summed E-state index contributed by atoms with van der Waals surface area (Å²) in [6.45, 7) is 2.51. The molecule has 0 aliphatic rings. The first-order chi connectivity index (χ1) is 8.93. The molecule has 0 atom stereocenters. The second-order valence-electron chi connectivity index (χ2n) is 4.36. The van der Waals surface area contributed by atoms with Crippen molar-refractivity contribution in [3.63, 3.8) is 0 Å². The van der Waals surface area contributed by atoms with Crippen LogP contribution in [0.5, 0.6) is 0 Å². The van der Waals surface area contributed by atoms with Crippen molar-refractivity contribution in [2.24, 2.45) is 0 Å². The summed E-state index contributed by atoms with van der Waals surface area (Å²) in [6.07, 6.45) is 1.80. The Balaban J connectivity index is 2.50. The predicted molar refractivity (Wildman–Crippen MR) is 75.0 cm³/mol. The van der Waals surface area contributed by atoms with Crippen molar-refractivity contribution < 1.29 is 13.2 Å². The lowest BCUT2D eigenvalue weighted by atomic mass is 10.2. The van der Waals surface area contributed by atoms with E-state index in [2.05, 4.69) is 5.32 Å². The van der Waals surface area contributed by atoms with Crippen LogP contribution in [0.1, 0.15) is 18.9 Å². The van der Waals surface area contributed by atoms with Gasteiger partial charge >= 0.3 is 0 Å². The number of nitrogens with zero attached hydrogens (tertiary/aromatic N) is 1. The van der Waals surface area contributed by atoms with Crippen LogP contribution < -0.4 is 5.32 Å². The topological polar surface area (TPSA) is 66.5 Å². The van der Waals surface area contributed by atoms with Gasteiger partial charge in [-0.2, -0.15) is 4.31 Å². The van der Waals surface area contributed by atoms with Gasteiger partial charge in [-0.05, 0) is 12.0 Å². The van der Waals surface area contributed by atoms with Crippen LogP contribution in [-0.4, -0.2) is 38.0 Å². The molecule has 19 heavy (non-hydrogen) atoms. The zero-order valence-electron chi connectivity index (χ0n) is 11.3. The van der Waals surface area contributed by atoms with E-state index in [1.54, 1.807) is 0 Å². The monoisotopic (exact) mass is 284 g/mol. The van der Waals surface area contributed by atoms with E-state index >= 15 is 0 Å². The molecule has 0 aliphatic heterocycles. The zero-order valence-corrected chi connectivity index (χ0v) is 12.1. The minimum Gasteiger partial charge on any atom is -0.351 e. The summed E-state index contributed by atoms with van der Waals surface area (Å²) in [7, 11) is -3.33. The lowest BCUT2D eigenvalue weighted by molar-refractivity contribution is -0.121. The summed E-state index contributed by atoms with van der Waals surface area (Å²) in [4.78, 5) is 11.7. The Bertz CT molecular complexity index is 500. The highest BCUT2D eigenvalue weighted by Crippen LogP contribution is 2.00. The van der Waals surface area contributed by atoms with Crippen LogP contribution in [0.4, 0.5) is 0 Å². The lowest BCUT2D eigenvalue weighted by Gasteiger charge is -2.18. The maximum Gasteiger partial charge on any atom is 0.235 e. The van der Waals surface area contributed by atoms with Gasteiger partial charge in [0.05, 0.1) is 12.8 Å². The second kappa shape index (κ2) is 7.25. The smallest absolute Gasteiger partial charge is 0.235 e. The normalized spacial score (nSPS) is 11.5. The number of hydrogen-bond donors (Lipinski definition) is 1. The fourth-order valence-corrected chi connectivity index (χ4v) is 2.49. The Labute approximate surface area is 114 Å². The molecule has 106 valence electrons. The Hall–Kier alpha value is -1.40. The minimum atomic E-state index is -3.33. The molecular weight excluding hydrogens is 264 g/mol. The van der Waals surface area contributed by atoms with Gasteiger partial charge in [-0.1, -0.05) is 37.3 Å². The summed E-state index contributed by atoms with van der Waals surface area (Å²) < 4.78 is 24.1. The van der Waals surface area contributed by atoms with Gasteiger partial charge in [0.15, 0.2) is 0 Å². The van der Waals surface area contributed by atoms with Gasteiger partial charge in [-0.15, -0.1) is 0 Å². The molecular formula is C13H20N2O3S. The average Bonchev–Trinajstić information content (AvgIpc) is 2.36. The first-order valence-electron chi connectivity index (χ1n) is 6.19. The zero-order chi connectivity index (χ0) is 14.3. The van der Waals surface area contributed by atoms with Crippen LogP contribution in [0.25, 0.3) is 0 Å². The van der Waals surface area contributed by atoms with E-state index in [1.807, 2.05) is 37.3 Å². The quantitative estimate of drug-likeness (QED) is 0.811. The fraction of sp³-hybridized carbons (Fsp3) is 0.462. The molecule has 0 saturated heterocycles. The number of amides is 1. The van der Waals surface area contributed by atoms with Crippen LogP contribution in [0, 0.1) is 0 Å². The van der Waals surface area contributed by atoms with Crippen LogP contribution in [0.3, 0.4) is 0 Å². The molecule has 1 aromatic carbocycles. The summed E-state index contributed by atoms with van der Waals surface area (Å²) in [5, 5.41) is 2.71. The van der Waals surface area contributed by atoms with E-state index in [4.69, 9.17) is 0 Å². The van der Waals surface area contributed by atoms with Crippen molar-refractivity contribution in [2.75, 3.05) is 19.3 Å². The van der Waals surface area contributed by atoms with Crippen LogP contribution in [-0.2, 0) is 21.4 Å². The van der Waals surface area contributed by atoms with Gasteiger partial charge in [0.2, 0.25) is 15.9 Å². The van der Waals surface area contributed by atoms with Crippen molar-refractivity contribution in [3.05, 3.63) is 35.9 Å². The van der Waals surface area contributed by atoms with Crippen molar-refractivity contribution in [1.29, 1.82) is 0 Å². The standard InChI is InChI=1S/C13H20N2O3S/c1-3-9-15(19(2,17)18)11-13(16)14-10-12-7-5-4-6-8-12/h4-8H,3,9-11H2,1-2H3,(H,14,16). The predicted octanol–water partition coefficient (Wildman–Crippen LogP) is 0.974. The summed E-state index contributed by atoms with van der Waals surface area (Å²) in [5.74, 6) is -0.289. The molecule has 5 nitrogen and oxygen atoms in total. The number of benzene rings is 1. The summed E-state index contributed by atoms with van der Waals surface area (Å²) >= 11 is 0. The lowest BCUT2D eigenvalue weighted by Crippen LogP contribution is -2.40. The number of carbonyl (C=O) groups is 1. The van der Waals surface area contributed by atoms with Gasteiger partial charge < -0.3 is 5.32 Å². The van der Waals surface area contributed by atoms with Gasteiger partial charge in [0, 0.05) is 13.1 Å². The molecule has 1 rings (SSSR count). The van der Waals surface area contributed by atoms with Gasteiger partial charge in [0.1, 0.15) is 0 Å². The third kappa shape index (κ3) is 5.85. The molecule has 0 saturated carbocycles. The van der Waals surface area contributed by atoms with Crippen LogP contribution in [0.2, 0.25) is 0 Å². The third-order valence-electron chi connectivity index (χ3n) is 2.59. The van der Waals surface area contributed by atoms with E-state index in [9.17, 15) is 13.2 Å². The van der Waals surface area contributed by atoms with E-state index in [1.165, 1.54) is 4.31 Å². The Kier molecular flexibility index (Phi) is 5.98. The largest absolute Gasteiger partial charge is 0.351 e. The second-order valence-corrected chi connectivity index (χ2v) is 6.34. The molecule has 0 radical (unpaired) electrons. The molecule has 0 fully saturated rings. The molecule has 1 aromatic rings. The van der Waals surface area contributed by atoms with Crippen molar-refractivity contribution in [3.8, 4) is 0 Å². The number of sulfonamides is 1. The maximum atomic E-state index is 11.7. The van der Waals surface area contributed by atoms with Gasteiger partial charge in [-0.3, -0.25) is 4.79 Å². The van der Waals surface area contributed by atoms with Crippen molar-refractivity contribution in [1.82, 2.24) is 9.62 Å². The van der Waals surface area contributed by atoms with E-state index in [0.29, 0.717) is 19.5 Å². The van der Waals surface area contributed by atoms with Gasteiger partial charge in [-0.25, -0.2) is 8.42 Å². The number of carbonyl (C=O) groups excluding carboxylic acids is 1.